The predicted octanol–water partition coefficient (Wildman–Crippen LogP) is 2.29. The molecule has 1 aliphatic heterocycles. The zero-order valence-electron chi connectivity index (χ0n) is 10.2. The average molecular weight is 259 g/mol. The third kappa shape index (κ3) is 2.61. The van der Waals surface area contributed by atoms with Gasteiger partial charge in [0.25, 0.3) is 0 Å². The molecule has 0 radical (unpaired) electrons. The molecule has 1 saturated heterocycles. The van der Waals surface area contributed by atoms with Gasteiger partial charge in [0, 0.05) is 37.3 Å². The molecular weight excluding hydrogens is 242 g/mol. The van der Waals surface area contributed by atoms with Crippen LogP contribution < -0.4 is 5.32 Å². The number of nitrogens with zero attached hydrogens (tertiary/aromatic N) is 2. The summed E-state index contributed by atoms with van der Waals surface area (Å²) in [5.41, 5.74) is 1.39. The first kappa shape index (κ1) is 11.8. The molecule has 1 aliphatic rings. The molecule has 1 aromatic carbocycles. The van der Waals surface area contributed by atoms with Gasteiger partial charge in [0.15, 0.2) is 0 Å². The second-order valence-electron chi connectivity index (χ2n) is 4.53. The van der Waals surface area contributed by atoms with E-state index in [9.17, 15) is 0 Å². The summed E-state index contributed by atoms with van der Waals surface area (Å²) in [5, 5.41) is 6.74. The zero-order valence-corrected chi connectivity index (χ0v) is 11.1. The molecule has 18 heavy (non-hydrogen) atoms. The number of benzene rings is 1. The molecule has 1 N–H and O–H groups in total. The molecule has 2 aromatic rings. The molecule has 0 unspecified atom stereocenters. The topological polar surface area (TPSA) is 28.2 Å². The summed E-state index contributed by atoms with van der Waals surface area (Å²) < 4.78 is 0. The van der Waals surface area contributed by atoms with Gasteiger partial charge in [0.05, 0.1) is 6.54 Å². The zero-order chi connectivity index (χ0) is 12.2. The van der Waals surface area contributed by atoms with Gasteiger partial charge in [-0.25, -0.2) is 4.98 Å². The highest BCUT2D eigenvalue weighted by Crippen LogP contribution is 2.24. The van der Waals surface area contributed by atoms with Crippen LogP contribution in [0.25, 0.3) is 0 Å². The van der Waals surface area contributed by atoms with Crippen molar-refractivity contribution in [2.45, 2.75) is 12.6 Å². The fraction of sp³-hybridized carbons (Fsp3) is 0.357. The van der Waals surface area contributed by atoms with Crippen LogP contribution in [0.15, 0.2) is 41.9 Å². The molecule has 3 nitrogen and oxygen atoms in total. The number of rotatable bonds is 3. The van der Waals surface area contributed by atoms with Crippen LogP contribution in [0.3, 0.4) is 0 Å². The van der Waals surface area contributed by atoms with Crippen molar-refractivity contribution in [2.75, 3.05) is 19.6 Å². The number of thiazole rings is 1. The van der Waals surface area contributed by atoms with E-state index in [1.807, 2.05) is 6.20 Å². The molecule has 1 atom stereocenters. The van der Waals surface area contributed by atoms with Crippen molar-refractivity contribution in [1.82, 2.24) is 15.2 Å². The normalized spacial score (nSPS) is 21.0. The summed E-state index contributed by atoms with van der Waals surface area (Å²) >= 11 is 1.74. The highest BCUT2D eigenvalue weighted by Gasteiger charge is 2.23. The van der Waals surface area contributed by atoms with Gasteiger partial charge in [0.2, 0.25) is 0 Å². The van der Waals surface area contributed by atoms with Crippen molar-refractivity contribution in [3.8, 4) is 0 Å². The van der Waals surface area contributed by atoms with Crippen LogP contribution in [0, 0.1) is 0 Å². The Hall–Kier alpha value is -1.23. The van der Waals surface area contributed by atoms with Crippen molar-refractivity contribution in [3.05, 3.63) is 52.5 Å². The van der Waals surface area contributed by atoms with Gasteiger partial charge >= 0.3 is 0 Å². The van der Waals surface area contributed by atoms with Crippen molar-refractivity contribution in [1.29, 1.82) is 0 Å². The van der Waals surface area contributed by atoms with Crippen LogP contribution in [-0.4, -0.2) is 29.5 Å². The highest BCUT2D eigenvalue weighted by molar-refractivity contribution is 7.09. The van der Waals surface area contributed by atoms with Crippen molar-refractivity contribution >= 4 is 11.3 Å². The largest absolute Gasteiger partial charge is 0.314 e. The van der Waals surface area contributed by atoms with Gasteiger partial charge in [-0.15, -0.1) is 11.3 Å². The van der Waals surface area contributed by atoms with Crippen LogP contribution in [0.1, 0.15) is 16.6 Å². The predicted molar refractivity (Wildman–Crippen MR) is 74.6 cm³/mol. The lowest BCUT2D eigenvalue weighted by molar-refractivity contribution is 0.153. The molecule has 0 spiro atoms. The first-order chi connectivity index (χ1) is 8.93. The second kappa shape index (κ2) is 5.61. The molecule has 0 saturated carbocycles. The Kier molecular flexibility index (Phi) is 3.69. The van der Waals surface area contributed by atoms with Crippen molar-refractivity contribution < 1.29 is 0 Å². The lowest BCUT2D eigenvalue weighted by Gasteiger charge is -2.36. The van der Waals surface area contributed by atoms with Crippen LogP contribution >= 0.6 is 11.3 Å². The number of aromatic nitrogens is 1. The quantitative estimate of drug-likeness (QED) is 0.916. The Morgan fingerprint density at radius 1 is 1.33 bits per heavy atom. The molecule has 3 rings (SSSR count). The van der Waals surface area contributed by atoms with Crippen LogP contribution in [-0.2, 0) is 6.54 Å². The summed E-state index contributed by atoms with van der Waals surface area (Å²) in [6, 6.07) is 11.2. The number of nitrogens with one attached hydrogen (secondary N) is 1. The van der Waals surface area contributed by atoms with Gasteiger partial charge in [-0.1, -0.05) is 30.3 Å². The fourth-order valence-corrected chi connectivity index (χ4v) is 3.09. The summed E-state index contributed by atoms with van der Waals surface area (Å²) in [6.07, 6.45) is 1.89. The molecule has 94 valence electrons. The SMILES string of the molecule is c1ccc([C@H]2CNCCN2Cc2nccs2)cc1. The van der Waals surface area contributed by atoms with Crippen LogP contribution in [0.2, 0.25) is 0 Å². The van der Waals surface area contributed by atoms with Crippen molar-refractivity contribution in [3.63, 3.8) is 0 Å². The lowest BCUT2D eigenvalue weighted by Crippen LogP contribution is -2.45. The smallest absolute Gasteiger partial charge is 0.107 e. The monoisotopic (exact) mass is 259 g/mol. The summed E-state index contributed by atoms with van der Waals surface area (Å²) in [7, 11) is 0. The molecule has 1 fully saturated rings. The molecule has 0 aliphatic carbocycles. The molecule has 1 aromatic heterocycles. The van der Waals surface area contributed by atoms with Crippen LogP contribution in [0.5, 0.6) is 0 Å². The Bertz CT molecular complexity index is 469. The van der Waals surface area contributed by atoms with Gasteiger partial charge in [-0.05, 0) is 5.56 Å². The third-order valence-corrected chi connectivity index (χ3v) is 4.12. The minimum absolute atomic E-state index is 0.462. The standard InChI is InChI=1S/C14H17N3S/c1-2-4-12(5-3-1)13-10-15-6-8-17(13)11-14-16-7-9-18-14/h1-5,7,9,13,15H,6,8,10-11H2/t13-/m1/s1. The summed E-state index contributed by atoms with van der Waals surface area (Å²) in [4.78, 5) is 6.91. The Morgan fingerprint density at radius 2 is 2.22 bits per heavy atom. The Balaban J connectivity index is 1.78. The van der Waals surface area contributed by atoms with Gasteiger partial charge in [-0.3, -0.25) is 4.90 Å². The van der Waals surface area contributed by atoms with E-state index in [-0.39, 0.29) is 0 Å². The van der Waals surface area contributed by atoms with E-state index in [1.54, 1.807) is 11.3 Å². The number of hydrogen-bond donors (Lipinski definition) is 1. The molecule has 0 bridgehead atoms. The summed E-state index contributed by atoms with van der Waals surface area (Å²) in [6.45, 7) is 4.13. The maximum absolute atomic E-state index is 4.39. The van der Waals surface area contributed by atoms with E-state index >= 15 is 0 Å². The third-order valence-electron chi connectivity index (χ3n) is 3.36. The van der Waals surface area contributed by atoms with E-state index in [2.05, 4.69) is 50.9 Å². The second-order valence-corrected chi connectivity index (χ2v) is 5.51. The fourth-order valence-electron chi connectivity index (χ4n) is 2.44. The minimum atomic E-state index is 0.462. The van der Waals surface area contributed by atoms with Crippen molar-refractivity contribution in [2.24, 2.45) is 0 Å². The molecule has 2 heterocycles. The Morgan fingerprint density at radius 3 is 3.00 bits per heavy atom. The Labute approximate surface area is 111 Å². The lowest BCUT2D eigenvalue weighted by atomic mass is 10.0. The van der Waals surface area contributed by atoms with E-state index < -0.39 is 0 Å². The van der Waals surface area contributed by atoms with E-state index in [0.29, 0.717) is 6.04 Å². The first-order valence-corrected chi connectivity index (χ1v) is 7.19. The maximum atomic E-state index is 4.39. The first-order valence-electron chi connectivity index (χ1n) is 6.31. The van der Waals surface area contributed by atoms with Gasteiger partial charge in [-0.2, -0.15) is 0 Å². The van der Waals surface area contributed by atoms with Gasteiger partial charge < -0.3 is 5.32 Å². The average Bonchev–Trinajstić information content (AvgIpc) is 2.93. The van der Waals surface area contributed by atoms with Gasteiger partial charge in [0.1, 0.15) is 5.01 Å². The molecular formula is C14H17N3S. The maximum Gasteiger partial charge on any atom is 0.107 e. The number of hydrogen-bond acceptors (Lipinski definition) is 4. The highest BCUT2D eigenvalue weighted by atomic mass is 32.1. The summed E-state index contributed by atoms with van der Waals surface area (Å²) in [5.74, 6) is 0. The number of piperazine rings is 1. The van der Waals surface area contributed by atoms with Crippen LogP contribution in [0.4, 0.5) is 0 Å². The van der Waals surface area contributed by atoms with E-state index in [0.717, 1.165) is 26.2 Å². The molecule has 0 amide bonds. The molecule has 4 heteroatoms. The minimum Gasteiger partial charge on any atom is -0.314 e. The van der Waals surface area contributed by atoms with E-state index in [1.165, 1.54) is 10.6 Å². The van der Waals surface area contributed by atoms with E-state index in [4.69, 9.17) is 0 Å².